The Morgan fingerprint density at radius 1 is 0.366 bits per heavy atom. The van der Waals surface area contributed by atoms with E-state index in [2.05, 4.69) is 10.9 Å². The van der Waals surface area contributed by atoms with Gasteiger partial charge in [-0.25, -0.2) is 34.7 Å². The molecular weight excluding hydrogens is 1030 g/mol. The van der Waals surface area contributed by atoms with Crippen LogP contribution in [-0.4, -0.2) is 39.0 Å². The third-order valence-corrected chi connectivity index (χ3v) is 14.7. The van der Waals surface area contributed by atoms with Crippen molar-refractivity contribution in [1.29, 1.82) is 5.26 Å². The van der Waals surface area contributed by atoms with Crippen LogP contribution in [0.2, 0.25) is 0 Å². The molecule has 14 aromatic rings. The summed E-state index contributed by atoms with van der Waals surface area (Å²) in [6.45, 7) is 8.28. The SMILES string of the molecule is [C-]#[N+]c1cc(C(F)(F)F)ccc1-c1cc(-n2c3ccccc3c3ccc(-c4nc(-c5ccccc5)nc(-c5ccccc5)n4)cc32)c(C#N)c(-n2c3ccccc3c3ccc(-c4nc(-c5ccccc5)nc(-c5ccccc5)n4)cc32)c1. The molecule has 0 radical (unpaired) electrons. The van der Waals surface area contributed by atoms with Gasteiger partial charge in [0.15, 0.2) is 40.6 Å². The topological polar surface area (TPSA) is 115 Å². The fraction of sp³-hybridized carbons (Fsp3) is 0.0145. The highest BCUT2D eigenvalue weighted by Crippen LogP contribution is 2.44. The van der Waals surface area contributed by atoms with Crippen LogP contribution in [0.5, 0.6) is 0 Å². The number of aromatic nitrogens is 8. The summed E-state index contributed by atoms with van der Waals surface area (Å²) < 4.78 is 47.2. The van der Waals surface area contributed by atoms with Gasteiger partial charge in [0.2, 0.25) is 0 Å². The van der Waals surface area contributed by atoms with E-state index in [1.165, 1.54) is 6.07 Å². The number of rotatable bonds is 9. The zero-order valence-corrected chi connectivity index (χ0v) is 43.1. The first-order chi connectivity index (χ1) is 40.2. The van der Waals surface area contributed by atoms with Gasteiger partial charge in [-0.15, -0.1) is 0 Å². The third kappa shape index (κ3) is 8.54. The molecule has 4 heterocycles. The lowest BCUT2D eigenvalue weighted by Crippen LogP contribution is -2.06. The van der Waals surface area contributed by atoms with Gasteiger partial charge in [0, 0.05) is 60.5 Å². The molecule has 82 heavy (non-hydrogen) atoms. The molecule has 0 aliphatic carbocycles. The minimum absolute atomic E-state index is 0.206. The smallest absolute Gasteiger partial charge is 0.308 e. The Hall–Kier alpha value is -11.4. The van der Waals surface area contributed by atoms with Crippen molar-refractivity contribution in [2.45, 2.75) is 6.18 Å². The van der Waals surface area contributed by atoms with E-state index in [-0.39, 0.29) is 16.8 Å². The first kappa shape index (κ1) is 48.9. The molecule has 0 saturated carbocycles. The van der Waals surface area contributed by atoms with Crippen LogP contribution in [0.25, 0.3) is 139 Å². The number of benzene rings is 10. The van der Waals surface area contributed by atoms with Gasteiger partial charge in [0.25, 0.3) is 0 Å². The van der Waals surface area contributed by atoms with Crippen molar-refractivity contribution >= 4 is 49.3 Å². The quantitative estimate of drug-likeness (QED) is 0.132. The third-order valence-electron chi connectivity index (χ3n) is 14.7. The second-order valence-corrected chi connectivity index (χ2v) is 19.6. The van der Waals surface area contributed by atoms with E-state index in [1.54, 1.807) is 12.1 Å². The maximum Gasteiger partial charge on any atom is 0.415 e. The lowest BCUT2D eigenvalue weighted by Gasteiger charge is -2.19. The van der Waals surface area contributed by atoms with Gasteiger partial charge in [-0.1, -0.05) is 194 Å². The van der Waals surface area contributed by atoms with Crippen molar-refractivity contribution in [3.63, 3.8) is 0 Å². The maximum atomic E-state index is 14.4. The summed E-state index contributed by atoms with van der Waals surface area (Å²) in [6, 6.07) is 76.0. The molecule has 0 aliphatic heterocycles. The van der Waals surface area contributed by atoms with Crippen molar-refractivity contribution in [2.75, 3.05) is 0 Å². The van der Waals surface area contributed by atoms with Crippen LogP contribution in [0.3, 0.4) is 0 Å². The summed E-state index contributed by atoms with van der Waals surface area (Å²) in [5.74, 6) is 2.77. The largest absolute Gasteiger partial charge is 0.415 e. The van der Waals surface area contributed by atoms with Crippen molar-refractivity contribution in [3.8, 4) is 96.9 Å². The highest BCUT2D eigenvalue weighted by Gasteiger charge is 2.32. The Morgan fingerprint density at radius 2 is 0.720 bits per heavy atom. The molecule has 0 saturated heterocycles. The number of hydrogen-bond acceptors (Lipinski definition) is 7. The molecule has 0 unspecified atom stereocenters. The van der Waals surface area contributed by atoms with Gasteiger partial charge in [0.05, 0.1) is 40.0 Å². The fourth-order valence-corrected chi connectivity index (χ4v) is 10.9. The van der Waals surface area contributed by atoms with Gasteiger partial charge < -0.3 is 9.13 Å². The zero-order chi connectivity index (χ0) is 55.5. The number of nitrogens with zero attached hydrogens (tertiary/aromatic N) is 10. The van der Waals surface area contributed by atoms with Crippen LogP contribution in [0.1, 0.15) is 11.1 Å². The summed E-state index contributed by atoms with van der Waals surface area (Å²) in [5, 5.41) is 15.4. The number of para-hydroxylation sites is 2. The summed E-state index contributed by atoms with van der Waals surface area (Å²) >= 11 is 0. The van der Waals surface area contributed by atoms with E-state index in [0.29, 0.717) is 74.0 Å². The second-order valence-electron chi connectivity index (χ2n) is 19.6. The van der Waals surface area contributed by atoms with E-state index in [4.69, 9.17) is 36.5 Å². The number of hydrogen-bond donors (Lipinski definition) is 0. The monoisotopic (exact) mass is 1060 g/mol. The first-order valence-corrected chi connectivity index (χ1v) is 26.2. The summed E-state index contributed by atoms with van der Waals surface area (Å²) in [4.78, 5) is 33.8. The molecule has 4 aromatic heterocycles. The normalized spacial score (nSPS) is 11.6. The molecule has 13 heteroatoms. The van der Waals surface area contributed by atoms with Crippen molar-refractivity contribution in [2.24, 2.45) is 0 Å². The Morgan fingerprint density at radius 3 is 1.09 bits per heavy atom. The standard InChI is InChI=1S/C69H39F3N10/c1-74-56-40-49(69(70,71)72)32-35-50(56)48-38-61(81-57-28-16-14-26-51(57)53-33-30-46(36-59(53)81)67-77-63(42-18-6-2-7-19-42)75-64(78-67)43-20-8-3-9-21-43)55(41-73)62(39-48)82-58-29-17-15-27-52(58)54-34-31-47(37-60(54)82)68-79-65(44-22-10-4-11-23-44)76-66(80-68)45-24-12-5-13-25-45/h2-40H. The molecule has 10 aromatic carbocycles. The Kier molecular flexibility index (Phi) is 11.8. The molecule has 0 bridgehead atoms. The number of nitriles is 1. The van der Waals surface area contributed by atoms with Crippen LogP contribution < -0.4 is 0 Å². The minimum atomic E-state index is -4.70. The van der Waals surface area contributed by atoms with E-state index in [0.717, 1.165) is 67.0 Å². The molecule has 0 aliphatic rings. The van der Waals surface area contributed by atoms with Crippen LogP contribution in [0, 0.1) is 17.9 Å². The van der Waals surface area contributed by atoms with E-state index >= 15 is 0 Å². The van der Waals surface area contributed by atoms with E-state index < -0.39 is 11.7 Å². The molecule has 14 rings (SSSR count). The minimum Gasteiger partial charge on any atom is -0.308 e. The van der Waals surface area contributed by atoms with Crippen molar-refractivity contribution in [3.05, 3.63) is 259 Å². The summed E-state index contributed by atoms with van der Waals surface area (Å²) in [6.07, 6.45) is -4.70. The molecule has 386 valence electrons. The second kappa shape index (κ2) is 19.8. The van der Waals surface area contributed by atoms with Gasteiger partial charge in [-0.2, -0.15) is 18.4 Å². The Balaban J connectivity index is 1.05. The van der Waals surface area contributed by atoms with Crippen molar-refractivity contribution < 1.29 is 13.2 Å². The zero-order valence-electron chi connectivity index (χ0n) is 43.1. The highest BCUT2D eigenvalue weighted by atomic mass is 19.4. The van der Waals surface area contributed by atoms with Crippen LogP contribution in [-0.2, 0) is 6.18 Å². The van der Waals surface area contributed by atoms with Crippen LogP contribution in [0.15, 0.2) is 237 Å². The van der Waals surface area contributed by atoms with Gasteiger partial charge in [-0.3, -0.25) is 0 Å². The van der Waals surface area contributed by atoms with Crippen molar-refractivity contribution in [1.82, 2.24) is 39.0 Å². The fourth-order valence-electron chi connectivity index (χ4n) is 10.9. The average molecular weight is 1070 g/mol. The molecule has 10 nitrogen and oxygen atoms in total. The maximum absolute atomic E-state index is 14.4. The molecule has 0 N–H and O–H groups in total. The number of halogens is 3. The van der Waals surface area contributed by atoms with Gasteiger partial charge >= 0.3 is 6.18 Å². The van der Waals surface area contributed by atoms with Crippen LogP contribution in [0.4, 0.5) is 18.9 Å². The number of alkyl halides is 3. The summed E-state index contributed by atoms with van der Waals surface area (Å²) in [5.41, 5.74) is 8.04. The highest BCUT2D eigenvalue weighted by molar-refractivity contribution is 6.12. The number of fused-ring (bicyclic) bond motifs is 6. The predicted molar refractivity (Wildman–Crippen MR) is 316 cm³/mol. The molecular formula is C69H39F3N10. The Labute approximate surface area is 466 Å². The Bertz CT molecular complexity index is 4550. The molecule has 0 amide bonds. The molecule has 0 spiro atoms. The van der Waals surface area contributed by atoms with Crippen LogP contribution >= 0.6 is 0 Å². The van der Waals surface area contributed by atoms with E-state index in [1.807, 2.05) is 215 Å². The predicted octanol–water partition coefficient (Wildman–Crippen LogP) is 17.4. The first-order valence-electron chi connectivity index (χ1n) is 26.2. The lowest BCUT2D eigenvalue weighted by molar-refractivity contribution is -0.137. The molecule has 0 fully saturated rings. The van der Waals surface area contributed by atoms with E-state index in [9.17, 15) is 18.4 Å². The molecule has 0 atom stereocenters. The average Bonchev–Trinajstić information content (AvgIpc) is 3.05. The lowest BCUT2D eigenvalue weighted by atomic mass is 9.97. The van der Waals surface area contributed by atoms with Gasteiger partial charge in [-0.05, 0) is 53.6 Å². The van der Waals surface area contributed by atoms with Gasteiger partial charge in [0.1, 0.15) is 11.6 Å². The summed E-state index contributed by atoms with van der Waals surface area (Å²) in [7, 11) is 0.